The first-order valence-corrected chi connectivity index (χ1v) is 8.47. The number of carbonyl (C=O) groups excluding carboxylic acids is 1. The molecule has 0 radical (unpaired) electrons. The maximum Gasteiger partial charge on any atom is 0.270 e. The summed E-state index contributed by atoms with van der Waals surface area (Å²) in [5.74, 6) is 1.11. The summed E-state index contributed by atoms with van der Waals surface area (Å²) < 4.78 is 10.6. The molecule has 1 heterocycles. The highest BCUT2D eigenvalue weighted by Crippen LogP contribution is 2.31. The molecule has 27 heavy (non-hydrogen) atoms. The highest BCUT2D eigenvalue weighted by Gasteiger charge is 2.10. The van der Waals surface area contributed by atoms with Crippen molar-refractivity contribution in [1.29, 1.82) is 0 Å². The van der Waals surface area contributed by atoms with Crippen LogP contribution in [0.3, 0.4) is 0 Å². The topological polar surface area (TPSA) is 72.5 Å². The Morgan fingerprint density at radius 3 is 2.56 bits per heavy atom. The molecule has 3 rings (SSSR count). The maximum atomic E-state index is 12.4. The van der Waals surface area contributed by atoms with E-state index in [1.807, 2.05) is 42.5 Å². The zero-order valence-electron chi connectivity index (χ0n) is 15.2. The number of benzene rings is 2. The lowest BCUT2D eigenvalue weighted by Crippen LogP contribution is -2.23. The number of amides is 1. The third-order valence-electron chi connectivity index (χ3n) is 3.98. The normalized spacial score (nSPS) is 10.1. The quantitative estimate of drug-likeness (QED) is 0.668. The SMILES string of the molecule is COc1ccc(Nc2ccnc(C(=O)NCc3ccccc3)c2)c(OC)c1. The number of rotatable bonds is 7. The standard InChI is InChI=1S/C21H21N3O3/c1-26-17-8-9-18(20(13-17)27-2)24-16-10-11-22-19(12-16)21(25)23-14-15-6-4-3-5-7-15/h3-13H,14H2,1-2H3,(H,22,24)(H,23,25). The summed E-state index contributed by atoms with van der Waals surface area (Å²) in [7, 11) is 3.19. The molecule has 6 nitrogen and oxygen atoms in total. The summed E-state index contributed by atoms with van der Waals surface area (Å²) in [4.78, 5) is 16.5. The molecule has 0 saturated heterocycles. The second-order valence-corrected chi connectivity index (χ2v) is 5.79. The minimum Gasteiger partial charge on any atom is -0.497 e. The molecule has 2 aromatic carbocycles. The van der Waals surface area contributed by atoms with Gasteiger partial charge in [0.2, 0.25) is 0 Å². The lowest BCUT2D eigenvalue weighted by molar-refractivity contribution is 0.0946. The van der Waals surface area contributed by atoms with Crippen molar-refractivity contribution in [2.24, 2.45) is 0 Å². The van der Waals surface area contributed by atoms with E-state index in [4.69, 9.17) is 9.47 Å². The van der Waals surface area contributed by atoms with Crippen LogP contribution in [0, 0.1) is 0 Å². The number of nitrogens with zero attached hydrogens (tertiary/aromatic N) is 1. The van der Waals surface area contributed by atoms with Gasteiger partial charge in [-0.15, -0.1) is 0 Å². The van der Waals surface area contributed by atoms with Crippen LogP contribution in [0.25, 0.3) is 0 Å². The molecule has 0 aliphatic heterocycles. The number of pyridine rings is 1. The summed E-state index contributed by atoms with van der Waals surface area (Å²) in [6, 6.07) is 18.7. The number of nitrogens with one attached hydrogen (secondary N) is 2. The summed E-state index contributed by atoms with van der Waals surface area (Å²) in [6.07, 6.45) is 1.59. The van der Waals surface area contributed by atoms with Crippen molar-refractivity contribution in [2.45, 2.75) is 6.54 Å². The molecule has 0 atom stereocenters. The molecule has 138 valence electrons. The Bertz CT molecular complexity index is 914. The highest BCUT2D eigenvalue weighted by molar-refractivity contribution is 5.93. The number of hydrogen-bond donors (Lipinski definition) is 2. The average Bonchev–Trinajstić information content (AvgIpc) is 2.73. The fourth-order valence-corrected chi connectivity index (χ4v) is 2.56. The first kappa shape index (κ1) is 18.3. The molecule has 0 spiro atoms. The van der Waals surface area contributed by atoms with E-state index in [0.717, 1.165) is 16.9 Å². The smallest absolute Gasteiger partial charge is 0.270 e. The van der Waals surface area contributed by atoms with Crippen molar-refractivity contribution in [3.63, 3.8) is 0 Å². The first-order chi connectivity index (χ1) is 13.2. The predicted octanol–water partition coefficient (Wildman–Crippen LogP) is 3.77. The second-order valence-electron chi connectivity index (χ2n) is 5.79. The van der Waals surface area contributed by atoms with Crippen molar-refractivity contribution < 1.29 is 14.3 Å². The van der Waals surface area contributed by atoms with Gasteiger partial charge in [0.1, 0.15) is 17.2 Å². The Kier molecular flexibility index (Phi) is 5.89. The zero-order chi connectivity index (χ0) is 19.1. The monoisotopic (exact) mass is 363 g/mol. The van der Waals surface area contributed by atoms with Crippen LogP contribution in [0.15, 0.2) is 66.9 Å². The Hall–Kier alpha value is -3.54. The Morgan fingerprint density at radius 2 is 1.81 bits per heavy atom. The van der Waals surface area contributed by atoms with E-state index in [9.17, 15) is 4.79 Å². The molecular formula is C21H21N3O3. The largest absolute Gasteiger partial charge is 0.497 e. The van der Waals surface area contributed by atoms with E-state index < -0.39 is 0 Å². The van der Waals surface area contributed by atoms with Crippen molar-refractivity contribution in [1.82, 2.24) is 10.3 Å². The molecule has 0 aliphatic rings. The highest BCUT2D eigenvalue weighted by atomic mass is 16.5. The van der Waals surface area contributed by atoms with Gasteiger partial charge < -0.3 is 20.1 Å². The number of hydrogen-bond acceptors (Lipinski definition) is 5. The van der Waals surface area contributed by atoms with Gasteiger partial charge in [0.25, 0.3) is 5.91 Å². The molecule has 0 fully saturated rings. The summed E-state index contributed by atoms with van der Waals surface area (Å²) >= 11 is 0. The molecule has 0 bridgehead atoms. The second kappa shape index (κ2) is 8.71. The fourth-order valence-electron chi connectivity index (χ4n) is 2.56. The molecule has 6 heteroatoms. The Labute approximate surface area is 158 Å². The van der Waals surface area contributed by atoms with E-state index in [-0.39, 0.29) is 5.91 Å². The number of aromatic nitrogens is 1. The third kappa shape index (κ3) is 4.76. The number of carbonyl (C=O) groups is 1. The van der Waals surface area contributed by atoms with Gasteiger partial charge in [-0.05, 0) is 29.8 Å². The van der Waals surface area contributed by atoms with E-state index >= 15 is 0 Å². The van der Waals surface area contributed by atoms with Crippen LogP contribution in [0.1, 0.15) is 16.1 Å². The van der Waals surface area contributed by atoms with Gasteiger partial charge in [0.05, 0.1) is 19.9 Å². The van der Waals surface area contributed by atoms with Crippen LogP contribution in [0.5, 0.6) is 11.5 Å². The summed E-state index contributed by atoms with van der Waals surface area (Å²) in [6.45, 7) is 0.450. The first-order valence-electron chi connectivity index (χ1n) is 8.47. The lowest BCUT2D eigenvalue weighted by Gasteiger charge is -2.13. The van der Waals surface area contributed by atoms with Crippen LogP contribution in [-0.4, -0.2) is 25.1 Å². The van der Waals surface area contributed by atoms with Crippen LogP contribution in [-0.2, 0) is 6.54 Å². The fraction of sp³-hybridized carbons (Fsp3) is 0.143. The Balaban J connectivity index is 1.71. The molecular weight excluding hydrogens is 342 g/mol. The van der Waals surface area contributed by atoms with Crippen LogP contribution in [0.4, 0.5) is 11.4 Å². The molecule has 3 aromatic rings. The molecule has 1 aromatic heterocycles. The van der Waals surface area contributed by atoms with E-state index in [2.05, 4.69) is 15.6 Å². The van der Waals surface area contributed by atoms with E-state index in [1.165, 1.54) is 0 Å². The van der Waals surface area contributed by atoms with E-state index in [1.54, 1.807) is 38.6 Å². The summed E-state index contributed by atoms with van der Waals surface area (Å²) in [5.41, 5.74) is 2.87. The van der Waals surface area contributed by atoms with Gasteiger partial charge in [-0.2, -0.15) is 0 Å². The average molecular weight is 363 g/mol. The van der Waals surface area contributed by atoms with Crippen LogP contribution in [0.2, 0.25) is 0 Å². The van der Waals surface area contributed by atoms with E-state index in [0.29, 0.717) is 23.7 Å². The molecule has 0 aliphatic carbocycles. The predicted molar refractivity (Wildman–Crippen MR) is 105 cm³/mol. The molecule has 0 saturated carbocycles. The number of ether oxygens (including phenoxy) is 2. The number of methoxy groups -OCH3 is 2. The van der Waals surface area contributed by atoms with Crippen LogP contribution >= 0.6 is 0 Å². The van der Waals surface area contributed by atoms with Gasteiger partial charge in [0.15, 0.2) is 0 Å². The lowest BCUT2D eigenvalue weighted by atomic mass is 10.2. The van der Waals surface area contributed by atoms with Crippen LogP contribution < -0.4 is 20.1 Å². The van der Waals surface area contributed by atoms with Crippen molar-refractivity contribution in [3.05, 3.63) is 78.1 Å². The van der Waals surface area contributed by atoms with Gasteiger partial charge in [-0.25, -0.2) is 0 Å². The van der Waals surface area contributed by atoms with Gasteiger partial charge in [-0.1, -0.05) is 30.3 Å². The van der Waals surface area contributed by atoms with Gasteiger partial charge in [-0.3, -0.25) is 9.78 Å². The Morgan fingerprint density at radius 1 is 1.00 bits per heavy atom. The summed E-state index contributed by atoms with van der Waals surface area (Å²) in [5, 5.41) is 6.12. The maximum absolute atomic E-state index is 12.4. The van der Waals surface area contributed by atoms with Crippen molar-refractivity contribution in [3.8, 4) is 11.5 Å². The third-order valence-corrected chi connectivity index (χ3v) is 3.98. The van der Waals surface area contributed by atoms with Gasteiger partial charge in [0, 0.05) is 24.5 Å². The van der Waals surface area contributed by atoms with Gasteiger partial charge >= 0.3 is 0 Å². The minimum atomic E-state index is -0.232. The molecule has 0 unspecified atom stereocenters. The number of anilines is 2. The molecule has 2 N–H and O–H groups in total. The zero-order valence-corrected chi connectivity index (χ0v) is 15.2. The van der Waals surface area contributed by atoms with Crippen molar-refractivity contribution >= 4 is 17.3 Å². The van der Waals surface area contributed by atoms with Crippen molar-refractivity contribution in [2.75, 3.05) is 19.5 Å². The minimum absolute atomic E-state index is 0.232. The molecule has 1 amide bonds.